The number of methoxy groups -OCH3 is 1. The fraction of sp³-hybridized carbons (Fsp3) is 0.522. The zero-order valence-corrected chi connectivity index (χ0v) is 18.8. The van der Waals surface area contributed by atoms with E-state index in [1.165, 1.54) is 0 Å². The molecule has 0 saturated carbocycles. The van der Waals surface area contributed by atoms with E-state index in [0.717, 1.165) is 54.8 Å². The summed E-state index contributed by atoms with van der Waals surface area (Å²) in [6.07, 6.45) is 0. The molecule has 1 amide bonds. The second kappa shape index (κ2) is 9.89. The van der Waals surface area contributed by atoms with Crippen molar-refractivity contribution in [2.24, 2.45) is 0 Å². The van der Waals surface area contributed by atoms with E-state index in [1.807, 2.05) is 44.3 Å². The predicted molar refractivity (Wildman–Crippen MR) is 119 cm³/mol. The molecule has 1 aliphatic rings. The Morgan fingerprint density at radius 3 is 2.53 bits per heavy atom. The van der Waals surface area contributed by atoms with Crippen molar-refractivity contribution in [1.82, 2.24) is 19.8 Å². The maximum Gasteiger partial charge on any atom is 0.236 e. The Labute approximate surface area is 179 Å². The highest BCUT2D eigenvalue weighted by atomic mass is 16.5. The number of carbonyl (C=O) groups is 1. The molecule has 1 fully saturated rings. The summed E-state index contributed by atoms with van der Waals surface area (Å²) in [4.78, 5) is 28.3. The van der Waals surface area contributed by atoms with E-state index in [4.69, 9.17) is 9.72 Å². The van der Waals surface area contributed by atoms with Crippen LogP contribution in [0.1, 0.15) is 36.8 Å². The first kappa shape index (κ1) is 22.0. The van der Waals surface area contributed by atoms with Crippen molar-refractivity contribution in [1.29, 1.82) is 0 Å². The Hall–Kier alpha value is -2.67. The topological polar surface area (TPSA) is 61.8 Å². The van der Waals surface area contributed by atoms with Crippen molar-refractivity contribution in [3.8, 4) is 5.75 Å². The molecule has 1 aromatic carbocycles. The Kier molecular flexibility index (Phi) is 7.26. The minimum atomic E-state index is 0.120. The number of likely N-dealkylation sites (N-methyl/N-ethyl adjacent to an activating group) is 1. The second-order valence-corrected chi connectivity index (χ2v) is 8.21. The van der Waals surface area contributed by atoms with E-state index < -0.39 is 0 Å². The van der Waals surface area contributed by atoms with Crippen LogP contribution in [0.2, 0.25) is 0 Å². The molecule has 0 spiro atoms. The Morgan fingerprint density at radius 1 is 1.17 bits per heavy atom. The molecule has 30 heavy (non-hydrogen) atoms. The van der Waals surface area contributed by atoms with Gasteiger partial charge in [0.25, 0.3) is 0 Å². The molecule has 162 valence electrons. The van der Waals surface area contributed by atoms with Gasteiger partial charge in [0.05, 0.1) is 13.7 Å². The molecule has 2 aromatic rings. The van der Waals surface area contributed by atoms with Gasteiger partial charge in [0, 0.05) is 63.0 Å². The van der Waals surface area contributed by atoms with Crippen LogP contribution < -0.4 is 9.64 Å². The average molecular weight is 412 g/mol. The van der Waals surface area contributed by atoms with Crippen molar-refractivity contribution in [2.75, 3.05) is 51.8 Å². The number of para-hydroxylation sites is 1. The van der Waals surface area contributed by atoms with Crippen molar-refractivity contribution in [3.63, 3.8) is 0 Å². The lowest BCUT2D eigenvalue weighted by molar-refractivity contribution is -0.131. The lowest BCUT2D eigenvalue weighted by atomic mass is 10.2. The van der Waals surface area contributed by atoms with Crippen LogP contribution in [-0.4, -0.2) is 72.6 Å². The molecule has 1 aromatic heterocycles. The third-order valence-corrected chi connectivity index (χ3v) is 5.46. The molecule has 2 heterocycles. The smallest absolute Gasteiger partial charge is 0.236 e. The number of aromatic nitrogens is 2. The fourth-order valence-electron chi connectivity index (χ4n) is 3.62. The summed E-state index contributed by atoms with van der Waals surface area (Å²) in [5.41, 5.74) is 2.01. The summed E-state index contributed by atoms with van der Waals surface area (Å²) >= 11 is 0. The van der Waals surface area contributed by atoms with Gasteiger partial charge in [0.2, 0.25) is 5.91 Å². The maximum atomic E-state index is 12.7. The molecule has 0 aliphatic carbocycles. The van der Waals surface area contributed by atoms with E-state index in [1.54, 1.807) is 12.0 Å². The van der Waals surface area contributed by atoms with Gasteiger partial charge in [0.15, 0.2) is 0 Å². The van der Waals surface area contributed by atoms with Gasteiger partial charge in [-0.3, -0.25) is 9.69 Å². The number of aryl methyl sites for hydroxylation is 1. The zero-order valence-electron chi connectivity index (χ0n) is 18.8. The highest BCUT2D eigenvalue weighted by molar-refractivity contribution is 5.78. The molecule has 1 aliphatic heterocycles. The number of amides is 1. The molecular weight excluding hydrogens is 378 g/mol. The standard InChI is InChI=1S/C23H33N5O2/c1-17(2)23-24-18(3)14-21(25-23)28-12-10-27(11-13-28)16-22(29)26(4)15-19-8-6-7-9-20(19)30-5/h6-9,14,17H,10-13,15-16H2,1-5H3. The number of benzene rings is 1. The van der Waals surface area contributed by atoms with Crippen LogP contribution >= 0.6 is 0 Å². The molecule has 1 saturated heterocycles. The quantitative estimate of drug-likeness (QED) is 0.698. The van der Waals surface area contributed by atoms with E-state index >= 15 is 0 Å². The average Bonchev–Trinajstić information content (AvgIpc) is 2.74. The number of piperazine rings is 1. The van der Waals surface area contributed by atoms with Crippen molar-refractivity contribution in [3.05, 3.63) is 47.4 Å². The first-order chi connectivity index (χ1) is 14.4. The van der Waals surface area contributed by atoms with E-state index in [-0.39, 0.29) is 5.91 Å². The lowest BCUT2D eigenvalue weighted by Gasteiger charge is -2.36. The number of ether oxygens (including phenoxy) is 1. The van der Waals surface area contributed by atoms with Crippen LogP contribution in [0.5, 0.6) is 5.75 Å². The molecule has 0 atom stereocenters. The molecule has 0 bridgehead atoms. The van der Waals surface area contributed by atoms with Crippen LogP contribution in [0.25, 0.3) is 0 Å². The van der Waals surface area contributed by atoms with Gasteiger partial charge in [-0.1, -0.05) is 32.0 Å². The first-order valence-electron chi connectivity index (χ1n) is 10.6. The monoisotopic (exact) mass is 411 g/mol. The summed E-state index contributed by atoms with van der Waals surface area (Å²) < 4.78 is 5.40. The van der Waals surface area contributed by atoms with E-state index in [2.05, 4.69) is 28.6 Å². The number of rotatable bonds is 7. The number of nitrogens with zero attached hydrogens (tertiary/aromatic N) is 5. The van der Waals surface area contributed by atoms with Crippen LogP contribution in [-0.2, 0) is 11.3 Å². The van der Waals surface area contributed by atoms with Gasteiger partial charge in [-0.2, -0.15) is 0 Å². The molecule has 7 heteroatoms. The van der Waals surface area contributed by atoms with Gasteiger partial charge < -0.3 is 14.5 Å². The summed E-state index contributed by atoms with van der Waals surface area (Å²) in [5.74, 6) is 3.12. The Bertz CT molecular complexity index is 862. The summed E-state index contributed by atoms with van der Waals surface area (Å²) in [6.45, 7) is 10.6. The highest BCUT2D eigenvalue weighted by Gasteiger charge is 2.22. The molecule has 0 N–H and O–H groups in total. The third kappa shape index (κ3) is 5.48. The number of hydrogen-bond donors (Lipinski definition) is 0. The Morgan fingerprint density at radius 2 is 1.87 bits per heavy atom. The van der Waals surface area contributed by atoms with Crippen LogP contribution in [0.4, 0.5) is 5.82 Å². The molecule has 3 rings (SSSR count). The van der Waals surface area contributed by atoms with Gasteiger partial charge >= 0.3 is 0 Å². The molecule has 0 unspecified atom stereocenters. The summed E-state index contributed by atoms with van der Waals surface area (Å²) in [6, 6.07) is 9.87. The molecule has 0 radical (unpaired) electrons. The van der Waals surface area contributed by atoms with E-state index in [0.29, 0.717) is 19.0 Å². The summed E-state index contributed by atoms with van der Waals surface area (Å²) in [5, 5.41) is 0. The third-order valence-electron chi connectivity index (χ3n) is 5.46. The van der Waals surface area contributed by atoms with Gasteiger partial charge in [-0.25, -0.2) is 9.97 Å². The van der Waals surface area contributed by atoms with Crippen LogP contribution in [0.15, 0.2) is 30.3 Å². The Balaban J connectivity index is 1.53. The number of anilines is 1. The SMILES string of the molecule is COc1ccccc1CN(C)C(=O)CN1CCN(c2cc(C)nc(C(C)C)n2)CC1. The van der Waals surface area contributed by atoms with Crippen LogP contribution in [0, 0.1) is 6.92 Å². The molecular formula is C23H33N5O2. The number of hydrogen-bond acceptors (Lipinski definition) is 6. The lowest BCUT2D eigenvalue weighted by Crippen LogP contribution is -2.50. The largest absolute Gasteiger partial charge is 0.496 e. The highest BCUT2D eigenvalue weighted by Crippen LogP contribution is 2.20. The van der Waals surface area contributed by atoms with Crippen LogP contribution in [0.3, 0.4) is 0 Å². The predicted octanol–water partition coefficient (Wildman–Crippen LogP) is 2.70. The minimum Gasteiger partial charge on any atom is -0.496 e. The number of carbonyl (C=O) groups excluding carboxylic acids is 1. The fourth-order valence-corrected chi connectivity index (χ4v) is 3.62. The first-order valence-corrected chi connectivity index (χ1v) is 10.6. The maximum absolute atomic E-state index is 12.7. The van der Waals surface area contributed by atoms with Gasteiger partial charge in [0.1, 0.15) is 17.4 Å². The second-order valence-electron chi connectivity index (χ2n) is 8.21. The summed E-state index contributed by atoms with van der Waals surface area (Å²) in [7, 11) is 3.51. The normalized spacial score (nSPS) is 14.8. The molecule has 7 nitrogen and oxygen atoms in total. The van der Waals surface area contributed by atoms with Crippen molar-refractivity contribution >= 4 is 11.7 Å². The van der Waals surface area contributed by atoms with Gasteiger partial charge in [-0.15, -0.1) is 0 Å². The zero-order chi connectivity index (χ0) is 21.7. The van der Waals surface area contributed by atoms with Gasteiger partial charge in [-0.05, 0) is 13.0 Å². The minimum absolute atomic E-state index is 0.120. The van der Waals surface area contributed by atoms with Crippen molar-refractivity contribution < 1.29 is 9.53 Å². The van der Waals surface area contributed by atoms with E-state index in [9.17, 15) is 4.79 Å². The van der Waals surface area contributed by atoms with Crippen molar-refractivity contribution in [2.45, 2.75) is 33.2 Å².